The van der Waals surface area contributed by atoms with Crippen LogP contribution < -0.4 is 10.2 Å². The molecule has 7 heteroatoms. The number of rotatable bonds is 1. The number of halogens is 1. The molecule has 0 radical (unpaired) electrons. The van der Waals surface area contributed by atoms with Gasteiger partial charge in [-0.2, -0.15) is 5.26 Å². The average molecular weight is 353 g/mol. The van der Waals surface area contributed by atoms with Crippen molar-refractivity contribution in [1.82, 2.24) is 5.32 Å². The molecule has 1 amide bonds. The lowest BCUT2D eigenvalue weighted by Gasteiger charge is -2.17. The highest BCUT2D eigenvalue weighted by molar-refractivity contribution is 9.10. The molecule has 20 heavy (non-hydrogen) atoms. The van der Waals surface area contributed by atoms with Crippen LogP contribution >= 0.6 is 27.7 Å². The van der Waals surface area contributed by atoms with E-state index in [0.29, 0.717) is 17.4 Å². The van der Waals surface area contributed by atoms with E-state index >= 15 is 0 Å². The lowest BCUT2D eigenvalue weighted by Crippen LogP contribution is -2.26. The lowest BCUT2D eigenvalue weighted by atomic mass is 10.1. The predicted octanol–water partition coefficient (Wildman–Crippen LogP) is 2.78. The summed E-state index contributed by atoms with van der Waals surface area (Å²) < 4.78 is 0.915. The molecule has 0 bridgehead atoms. The third-order valence-corrected chi connectivity index (χ3v) is 4.00. The van der Waals surface area contributed by atoms with Crippen LogP contribution in [0.3, 0.4) is 0 Å². The second-order valence-electron chi connectivity index (χ2n) is 4.21. The zero-order valence-electron chi connectivity index (χ0n) is 11.1. The van der Waals surface area contributed by atoms with E-state index in [-0.39, 0.29) is 5.91 Å². The maximum atomic E-state index is 11.7. The molecule has 0 spiro atoms. The summed E-state index contributed by atoms with van der Waals surface area (Å²) in [5.41, 5.74) is 2.62. The van der Waals surface area contributed by atoms with E-state index in [0.717, 1.165) is 22.1 Å². The number of hydrogen-bond donors (Lipinski definition) is 1. The van der Waals surface area contributed by atoms with E-state index in [2.05, 4.69) is 26.2 Å². The summed E-state index contributed by atoms with van der Waals surface area (Å²) in [5.74, 6) is 0.00136. The number of aliphatic imine (C=N–C) groups is 1. The van der Waals surface area contributed by atoms with Crippen LogP contribution in [0.2, 0.25) is 0 Å². The van der Waals surface area contributed by atoms with Crippen molar-refractivity contribution in [2.24, 2.45) is 4.99 Å². The van der Waals surface area contributed by atoms with Crippen LogP contribution in [-0.4, -0.2) is 23.9 Å². The fraction of sp³-hybridized carbons (Fsp3) is 0.308. The van der Waals surface area contributed by atoms with Crippen LogP contribution in [-0.2, 0) is 11.2 Å². The highest BCUT2D eigenvalue weighted by Crippen LogP contribution is 2.40. The van der Waals surface area contributed by atoms with Gasteiger partial charge in [0.1, 0.15) is 0 Å². The van der Waals surface area contributed by atoms with Crippen LogP contribution in [0.1, 0.15) is 12.5 Å². The maximum absolute atomic E-state index is 11.7. The number of thioether (sulfide) groups is 1. The minimum atomic E-state index is 0.00136. The minimum Gasteiger partial charge on any atom is -0.310 e. The van der Waals surface area contributed by atoms with E-state index in [1.807, 2.05) is 24.6 Å². The van der Waals surface area contributed by atoms with Gasteiger partial charge >= 0.3 is 0 Å². The summed E-state index contributed by atoms with van der Waals surface area (Å²) in [6, 6.07) is 3.86. The molecule has 1 aliphatic rings. The number of amides is 1. The lowest BCUT2D eigenvalue weighted by molar-refractivity contribution is -0.116. The molecule has 1 heterocycles. The molecule has 2 rings (SSSR count). The second kappa shape index (κ2) is 6.29. The zero-order chi connectivity index (χ0) is 14.7. The Morgan fingerprint density at radius 2 is 2.35 bits per heavy atom. The van der Waals surface area contributed by atoms with Gasteiger partial charge < -0.3 is 4.90 Å². The first-order chi connectivity index (χ1) is 9.56. The number of benzene rings is 1. The number of nitrogens with one attached hydrogen (secondary N) is 1. The first-order valence-corrected chi connectivity index (χ1v) is 7.97. The van der Waals surface area contributed by atoms with Crippen LogP contribution in [0.5, 0.6) is 0 Å². The Labute approximate surface area is 130 Å². The third kappa shape index (κ3) is 2.97. The van der Waals surface area contributed by atoms with E-state index in [4.69, 9.17) is 5.26 Å². The molecule has 0 atom stereocenters. The molecule has 0 saturated heterocycles. The topological polar surface area (TPSA) is 68.5 Å². The molecular weight excluding hydrogens is 340 g/mol. The van der Waals surface area contributed by atoms with Crippen molar-refractivity contribution >= 4 is 50.1 Å². The number of carbonyl (C=O) groups is 1. The van der Waals surface area contributed by atoms with Gasteiger partial charge in [-0.1, -0.05) is 27.7 Å². The number of amidine groups is 1. The molecule has 0 aromatic heterocycles. The Kier molecular flexibility index (Phi) is 4.68. The van der Waals surface area contributed by atoms with Crippen LogP contribution in [0.4, 0.5) is 11.4 Å². The SMILES string of the molecule is CSC(=Nc1cc(Br)cc2c1N(C(C)=O)CC2)NC#N. The number of carbonyl (C=O) groups excluding carboxylic acids is 1. The van der Waals surface area contributed by atoms with Gasteiger partial charge in [0.2, 0.25) is 5.91 Å². The standard InChI is InChI=1S/C13H13BrN4OS/c1-8(19)18-4-3-9-5-10(14)6-11(12(9)18)17-13(20-2)16-7-15/h5-6H,3-4H2,1-2H3,(H,16,17). The third-order valence-electron chi connectivity index (χ3n) is 2.97. The Morgan fingerprint density at radius 3 is 2.95 bits per heavy atom. The number of fused-ring (bicyclic) bond motifs is 1. The predicted molar refractivity (Wildman–Crippen MR) is 85.2 cm³/mol. The average Bonchev–Trinajstić information content (AvgIpc) is 2.81. The maximum Gasteiger partial charge on any atom is 0.223 e. The first kappa shape index (κ1) is 14.9. The van der Waals surface area contributed by atoms with Crippen molar-refractivity contribution in [2.75, 3.05) is 17.7 Å². The van der Waals surface area contributed by atoms with E-state index in [1.54, 1.807) is 11.8 Å². The monoisotopic (exact) mass is 352 g/mol. The summed E-state index contributed by atoms with van der Waals surface area (Å²) in [5, 5.41) is 11.7. The smallest absolute Gasteiger partial charge is 0.223 e. The molecular formula is C13H13BrN4OS. The Balaban J connectivity index is 2.54. The molecule has 5 nitrogen and oxygen atoms in total. The van der Waals surface area contributed by atoms with E-state index < -0.39 is 0 Å². The largest absolute Gasteiger partial charge is 0.310 e. The molecule has 0 saturated carbocycles. The van der Waals surface area contributed by atoms with Gasteiger partial charge in [-0.15, -0.1) is 0 Å². The fourth-order valence-electron chi connectivity index (χ4n) is 2.17. The number of anilines is 1. The van der Waals surface area contributed by atoms with E-state index in [9.17, 15) is 4.79 Å². The van der Waals surface area contributed by atoms with Crippen molar-refractivity contribution in [3.63, 3.8) is 0 Å². The zero-order valence-corrected chi connectivity index (χ0v) is 13.5. The van der Waals surface area contributed by atoms with E-state index in [1.165, 1.54) is 11.8 Å². The van der Waals surface area contributed by atoms with Crippen molar-refractivity contribution < 1.29 is 4.79 Å². The minimum absolute atomic E-state index is 0.00136. The summed E-state index contributed by atoms with van der Waals surface area (Å²) in [6.07, 6.45) is 4.52. The quantitative estimate of drug-likeness (QED) is 0.365. The highest BCUT2D eigenvalue weighted by Gasteiger charge is 2.26. The molecule has 0 fully saturated rings. The molecule has 1 aromatic carbocycles. The van der Waals surface area contributed by atoms with Gasteiger partial charge in [0.15, 0.2) is 11.4 Å². The van der Waals surface area contributed by atoms with Crippen molar-refractivity contribution in [1.29, 1.82) is 5.26 Å². The molecule has 0 aliphatic carbocycles. The first-order valence-electron chi connectivity index (χ1n) is 5.95. The Hall–Kier alpha value is -1.52. The molecule has 1 aliphatic heterocycles. The van der Waals surface area contributed by atoms with Gasteiger partial charge in [-0.05, 0) is 30.4 Å². The highest BCUT2D eigenvalue weighted by atomic mass is 79.9. The van der Waals surface area contributed by atoms with Gasteiger partial charge in [-0.3, -0.25) is 10.1 Å². The van der Waals surface area contributed by atoms with Gasteiger partial charge in [-0.25, -0.2) is 4.99 Å². The Morgan fingerprint density at radius 1 is 1.60 bits per heavy atom. The summed E-state index contributed by atoms with van der Waals surface area (Å²) in [6.45, 7) is 2.22. The summed E-state index contributed by atoms with van der Waals surface area (Å²) in [4.78, 5) is 17.9. The van der Waals surface area contributed by atoms with Crippen LogP contribution in [0, 0.1) is 11.5 Å². The number of hydrogen-bond acceptors (Lipinski definition) is 4. The van der Waals surface area contributed by atoms with Gasteiger partial charge in [0.25, 0.3) is 0 Å². The Bertz CT molecular complexity index is 624. The molecule has 1 N–H and O–H groups in total. The van der Waals surface area contributed by atoms with Crippen molar-refractivity contribution in [3.8, 4) is 6.19 Å². The van der Waals surface area contributed by atoms with Crippen molar-refractivity contribution in [2.45, 2.75) is 13.3 Å². The molecule has 0 unspecified atom stereocenters. The van der Waals surface area contributed by atoms with Crippen LogP contribution in [0.15, 0.2) is 21.6 Å². The summed E-state index contributed by atoms with van der Waals surface area (Å²) in [7, 11) is 0. The molecule has 1 aromatic rings. The van der Waals surface area contributed by atoms with Crippen molar-refractivity contribution in [3.05, 3.63) is 22.2 Å². The van der Waals surface area contributed by atoms with Crippen LogP contribution in [0.25, 0.3) is 0 Å². The summed E-state index contributed by atoms with van der Waals surface area (Å²) >= 11 is 4.81. The molecule has 104 valence electrons. The van der Waals surface area contributed by atoms with Gasteiger partial charge in [0, 0.05) is 17.9 Å². The fourth-order valence-corrected chi connectivity index (χ4v) is 3.00. The second-order valence-corrected chi connectivity index (χ2v) is 5.92. The number of nitriles is 1. The van der Waals surface area contributed by atoms with Gasteiger partial charge in [0.05, 0.1) is 11.4 Å². The number of nitrogens with zero attached hydrogens (tertiary/aromatic N) is 3. The normalized spacial score (nSPS) is 13.9.